The van der Waals surface area contributed by atoms with E-state index < -0.39 is 5.41 Å². The summed E-state index contributed by atoms with van der Waals surface area (Å²) < 4.78 is 13.0. The van der Waals surface area contributed by atoms with Crippen molar-refractivity contribution in [3.8, 4) is 0 Å². The molecule has 0 bridgehead atoms. The fourth-order valence-corrected chi connectivity index (χ4v) is 3.35. The highest BCUT2D eigenvalue weighted by molar-refractivity contribution is 6.30. The van der Waals surface area contributed by atoms with E-state index in [1.807, 2.05) is 31.3 Å². The number of carbonyl (C=O) groups excluding carboxylic acids is 1. The fraction of sp³-hybridized carbons (Fsp3) is 0.316. The molecule has 2 nitrogen and oxygen atoms in total. The highest BCUT2D eigenvalue weighted by Gasteiger charge is 2.46. The second-order valence-electron chi connectivity index (χ2n) is 6.23. The van der Waals surface area contributed by atoms with Gasteiger partial charge in [-0.1, -0.05) is 42.3 Å². The van der Waals surface area contributed by atoms with Crippen LogP contribution in [0.5, 0.6) is 0 Å². The SMILES string of the molecule is CN(Cc1ccc(F)cc1)C(=O)C1(c2ccc(Cl)cc2)CCC1. The molecule has 1 aliphatic carbocycles. The van der Waals surface area contributed by atoms with Crippen LogP contribution in [0.3, 0.4) is 0 Å². The predicted molar refractivity (Wildman–Crippen MR) is 89.9 cm³/mol. The van der Waals surface area contributed by atoms with E-state index in [2.05, 4.69) is 0 Å². The lowest BCUT2D eigenvalue weighted by Gasteiger charge is -2.43. The highest BCUT2D eigenvalue weighted by Crippen LogP contribution is 2.45. The van der Waals surface area contributed by atoms with Gasteiger partial charge in [0.15, 0.2) is 0 Å². The summed E-state index contributed by atoms with van der Waals surface area (Å²) in [6, 6.07) is 13.9. The molecule has 120 valence electrons. The lowest BCUT2D eigenvalue weighted by molar-refractivity contribution is -0.140. The molecular formula is C19H19ClFNO. The number of likely N-dealkylation sites (N-methyl/N-ethyl adjacent to an activating group) is 1. The molecule has 0 saturated heterocycles. The van der Waals surface area contributed by atoms with Gasteiger partial charge in [-0.2, -0.15) is 0 Å². The van der Waals surface area contributed by atoms with E-state index in [9.17, 15) is 9.18 Å². The van der Waals surface area contributed by atoms with Crippen molar-refractivity contribution in [1.82, 2.24) is 4.90 Å². The summed E-state index contributed by atoms with van der Waals surface area (Å²) in [5.41, 5.74) is 1.52. The van der Waals surface area contributed by atoms with Gasteiger partial charge in [0.1, 0.15) is 5.82 Å². The first-order valence-electron chi connectivity index (χ1n) is 7.77. The van der Waals surface area contributed by atoms with Crippen LogP contribution >= 0.6 is 11.6 Å². The van der Waals surface area contributed by atoms with Gasteiger partial charge in [-0.05, 0) is 48.2 Å². The number of nitrogens with zero attached hydrogens (tertiary/aromatic N) is 1. The first-order chi connectivity index (χ1) is 11.0. The van der Waals surface area contributed by atoms with Crippen LogP contribution in [0.1, 0.15) is 30.4 Å². The van der Waals surface area contributed by atoms with Gasteiger partial charge < -0.3 is 4.90 Å². The van der Waals surface area contributed by atoms with E-state index in [1.54, 1.807) is 17.0 Å². The van der Waals surface area contributed by atoms with Crippen molar-refractivity contribution in [2.45, 2.75) is 31.2 Å². The van der Waals surface area contributed by atoms with E-state index in [1.165, 1.54) is 12.1 Å². The fourth-order valence-electron chi connectivity index (χ4n) is 3.23. The first kappa shape index (κ1) is 16.0. The number of hydrogen-bond donors (Lipinski definition) is 0. The summed E-state index contributed by atoms with van der Waals surface area (Å²) in [5.74, 6) is -0.144. The van der Waals surface area contributed by atoms with Gasteiger partial charge in [-0.3, -0.25) is 4.79 Å². The Labute approximate surface area is 140 Å². The Morgan fingerprint density at radius 1 is 1.13 bits per heavy atom. The third-order valence-electron chi connectivity index (χ3n) is 4.69. The van der Waals surface area contributed by atoms with Crippen LogP contribution < -0.4 is 0 Å². The van der Waals surface area contributed by atoms with E-state index in [0.29, 0.717) is 11.6 Å². The number of rotatable bonds is 4. The van der Waals surface area contributed by atoms with Gasteiger partial charge in [0.25, 0.3) is 0 Å². The largest absolute Gasteiger partial charge is 0.341 e. The minimum Gasteiger partial charge on any atom is -0.341 e. The summed E-state index contributed by atoms with van der Waals surface area (Å²) in [5, 5.41) is 0.676. The average Bonchev–Trinajstić information content (AvgIpc) is 2.50. The highest BCUT2D eigenvalue weighted by atomic mass is 35.5. The van der Waals surface area contributed by atoms with Gasteiger partial charge in [0, 0.05) is 18.6 Å². The van der Waals surface area contributed by atoms with E-state index in [0.717, 1.165) is 30.4 Å². The second kappa shape index (κ2) is 6.32. The van der Waals surface area contributed by atoms with Gasteiger partial charge in [0.05, 0.1) is 5.41 Å². The molecule has 1 fully saturated rings. The smallest absolute Gasteiger partial charge is 0.233 e. The number of hydrogen-bond acceptors (Lipinski definition) is 1. The zero-order valence-electron chi connectivity index (χ0n) is 13.1. The number of halogens is 2. The van der Waals surface area contributed by atoms with E-state index in [-0.39, 0.29) is 11.7 Å². The van der Waals surface area contributed by atoms with Crippen LogP contribution in [0, 0.1) is 5.82 Å². The quantitative estimate of drug-likeness (QED) is 0.804. The Morgan fingerprint density at radius 2 is 1.74 bits per heavy atom. The van der Waals surface area contributed by atoms with E-state index in [4.69, 9.17) is 11.6 Å². The molecule has 2 aromatic rings. The Morgan fingerprint density at radius 3 is 2.26 bits per heavy atom. The maximum Gasteiger partial charge on any atom is 0.233 e. The third-order valence-corrected chi connectivity index (χ3v) is 4.94. The minimum atomic E-state index is -0.431. The Balaban J connectivity index is 1.79. The first-order valence-corrected chi connectivity index (χ1v) is 8.15. The molecule has 0 radical (unpaired) electrons. The number of carbonyl (C=O) groups is 1. The molecule has 0 spiro atoms. The molecule has 0 heterocycles. The molecule has 4 heteroatoms. The average molecular weight is 332 g/mol. The molecule has 0 N–H and O–H groups in total. The van der Waals surface area contributed by atoms with Gasteiger partial charge in [-0.15, -0.1) is 0 Å². The predicted octanol–water partition coefficient (Wildman–Crippen LogP) is 4.56. The van der Waals surface area contributed by atoms with Crippen molar-refractivity contribution in [1.29, 1.82) is 0 Å². The summed E-state index contributed by atoms with van der Waals surface area (Å²) in [7, 11) is 1.81. The van der Waals surface area contributed by atoms with Crippen LogP contribution in [0.25, 0.3) is 0 Å². The molecule has 1 saturated carbocycles. The molecule has 1 amide bonds. The maximum atomic E-state index is 13.0. The normalized spacial score (nSPS) is 15.8. The Bertz CT molecular complexity index is 692. The number of benzene rings is 2. The van der Waals surface area contributed by atoms with Crippen LogP contribution in [0.4, 0.5) is 4.39 Å². The molecule has 0 unspecified atom stereocenters. The van der Waals surface area contributed by atoms with Crippen molar-refractivity contribution in [3.63, 3.8) is 0 Å². The second-order valence-corrected chi connectivity index (χ2v) is 6.67. The Kier molecular flexibility index (Phi) is 4.40. The molecule has 0 aromatic heterocycles. The topological polar surface area (TPSA) is 20.3 Å². The molecule has 0 atom stereocenters. The lowest BCUT2D eigenvalue weighted by Crippen LogP contribution is -2.49. The maximum absolute atomic E-state index is 13.0. The van der Waals surface area contributed by atoms with Crippen molar-refractivity contribution in [2.75, 3.05) is 7.05 Å². The Hall–Kier alpha value is -1.87. The van der Waals surface area contributed by atoms with Crippen LogP contribution in [0.2, 0.25) is 5.02 Å². The van der Waals surface area contributed by atoms with Crippen molar-refractivity contribution < 1.29 is 9.18 Å². The summed E-state index contributed by atoms with van der Waals surface area (Å²) in [6.07, 6.45) is 2.78. The number of amides is 1. The molecule has 0 aliphatic heterocycles. The van der Waals surface area contributed by atoms with Gasteiger partial charge in [-0.25, -0.2) is 4.39 Å². The van der Waals surface area contributed by atoms with Crippen LogP contribution in [0.15, 0.2) is 48.5 Å². The minimum absolute atomic E-state index is 0.121. The lowest BCUT2D eigenvalue weighted by atomic mass is 9.63. The van der Waals surface area contributed by atoms with Crippen molar-refractivity contribution in [2.24, 2.45) is 0 Å². The molecule has 3 rings (SSSR count). The van der Waals surface area contributed by atoms with Crippen LogP contribution in [-0.4, -0.2) is 17.9 Å². The summed E-state index contributed by atoms with van der Waals surface area (Å²) in [4.78, 5) is 14.8. The standard InChI is InChI=1S/C19H19ClFNO/c1-22(13-14-3-9-17(21)10-4-14)18(23)19(11-2-12-19)15-5-7-16(20)8-6-15/h3-10H,2,11-13H2,1H3. The molecule has 23 heavy (non-hydrogen) atoms. The zero-order valence-corrected chi connectivity index (χ0v) is 13.8. The van der Waals surface area contributed by atoms with Crippen molar-refractivity contribution in [3.05, 3.63) is 70.5 Å². The third kappa shape index (κ3) is 3.11. The van der Waals surface area contributed by atoms with Gasteiger partial charge >= 0.3 is 0 Å². The monoisotopic (exact) mass is 331 g/mol. The zero-order chi connectivity index (χ0) is 16.4. The van der Waals surface area contributed by atoms with E-state index >= 15 is 0 Å². The molecule has 1 aliphatic rings. The van der Waals surface area contributed by atoms with Gasteiger partial charge in [0.2, 0.25) is 5.91 Å². The molecular weight excluding hydrogens is 313 g/mol. The van der Waals surface area contributed by atoms with Crippen LogP contribution in [-0.2, 0) is 16.8 Å². The molecule has 2 aromatic carbocycles. The summed E-state index contributed by atoms with van der Waals surface area (Å²) >= 11 is 5.96. The van der Waals surface area contributed by atoms with Crippen molar-refractivity contribution >= 4 is 17.5 Å². The summed E-state index contributed by atoms with van der Waals surface area (Å²) in [6.45, 7) is 0.481.